The van der Waals surface area contributed by atoms with Gasteiger partial charge in [-0.1, -0.05) is 0 Å². The molecule has 0 aliphatic carbocycles. The number of methoxy groups -OCH3 is 1. The van der Waals surface area contributed by atoms with E-state index in [-0.39, 0.29) is 0 Å². The van der Waals surface area contributed by atoms with E-state index in [1.165, 1.54) is 0 Å². The van der Waals surface area contributed by atoms with Crippen LogP contribution >= 0.6 is 0 Å². The fraction of sp³-hybridized carbons (Fsp3) is 0.500. The van der Waals surface area contributed by atoms with Crippen LogP contribution in [0.25, 0.3) is 0 Å². The molecule has 0 amide bonds. The number of nitrogens with zero attached hydrogens (tertiary/aromatic N) is 4. The van der Waals surface area contributed by atoms with Gasteiger partial charge in [-0.15, -0.1) is 0 Å². The summed E-state index contributed by atoms with van der Waals surface area (Å²) in [6, 6.07) is 3.81. The molecule has 7 heteroatoms. The first kappa shape index (κ1) is 13.2. The summed E-state index contributed by atoms with van der Waals surface area (Å²) in [6.45, 7) is 0.915. The largest absolute Gasteiger partial charge is 0.377 e. The summed E-state index contributed by atoms with van der Waals surface area (Å²) in [5, 5.41) is 8.54. The normalized spacial score (nSPS) is 9.76. The Morgan fingerprint density at radius 3 is 2.94 bits per heavy atom. The second kappa shape index (κ2) is 6.62. The summed E-state index contributed by atoms with van der Waals surface area (Å²) >= 11 is 0. The number of hydrazine groups is 1. The fourth-order valence-electron chi connectivity index (χ4n) is 1.28. The molecule has 0 saturated heterocycles. The number of ether oxygens (including phenoxy) is 1. The fourth-order valence-corrected chi connectivity index (χ4v) is 1.28. The average Bonchev–Trinajstić information content (AvgIpc) is 2.35. The SMILES string of the molecule is COCc1nc(NN)cc(N(C)CCC#N)n1. The second-order valence-corrected chi connectivity index (χ2v) is 3.43. The van der Waals surface area contributed by atoms with Crippen LogP contribution in [0.15, 0.2) is 6.07 Å². The molecule has 0 aliphatic heterocycles. The number of nitrogens with one attached hydrogen (secondary N) is 1. The summed E-state index contributed by atoms with van der Waals surface area (Å²) in [5.74, 6) is 7.10. The van der Waals surface area contributed by atoms with E-state index in [2.05, 4.69) is 21.5 Å². The molecular formula is C10H16N6O. The van der Waals surface area contributed by atoms with Gasteiger partial charge >= 0.3 is 0 Å². The molecule has 0 bridgehead atoms. The van der Waals surface area contributed by atoms with Crippen molar-refractivity contribution in [2.45, 2.75) is 13.0 Å². The van der Waals surface area contributed by atoms with Gasteiger partial charge < -0.3 is 15.1 Å². The van der Waals surface area contributed by atoms with Crippen LogP contribution in [0, 0.1) is 11.3 Å². The van der Waals surface area contributed by atoms with Crippen LogP contribution in [-0.4, -0.2) is 30.7 Å². The number of rotatable bonds is 6. The maximum atomic E-state index is 8.54. The molecule has 1 rings (SSSR count). The highest BCUT2D eigenvalue weighted by Crippen LogP contribution is 2.14. The topological polar surface area (TPSA) is 100 Å². The van der Waals surface area contributed by atoms with Crippen LogP contribution in [0.2, 0.25) is 0 Å². The lowest BCUT2D eigenvalue weighted by Gasteiger charge is -2.17. The number of nitrogens with two attached hydrogens (primary N) is 1. The Morgan fingerprint density at radius 2 is 2.35 bits per heavy atom. The standard InChI is InChI=1S/C10H16N6O/c1-16(5-3-4-11)10-6-8(15-12)13-9(14-10)7-17-2/h6H,3,5,7,12H2,1-2H3,(H,13,14,15). The summed E-state index contributed by atoms with van der Waals surface area (Å²) in [6.07, 6.45) is 0.436. The molecule has 1 aromatic rings. The van der Waals surface area contributed by atoms with Crippen LogP contribution in [-0.2, 0) is 11.3 Å². The third-order valence-corrected chi connectivity index (χ3v) is 2.13. The third-order valence-electron chi connectivity index (χ3n) is 2.13. The highest BCUT2D eigenvalue weighted by molar-refractivity contribution is 5.48. The van der Waals surface area contributed by atoms with E-state index in [0.29, 0.717) is 37.0 Å². The number of hydrogen-bond donors (Lipinski definition) is 2. The van der Waals surface area contributed by atoms with Gasteiger partial charge in [-0.05, 0) is 0 Å². The molecule has 0 spiro atoms. The lowest BCUT2D eigenvalue weighted by Crippen LogP contribution is -2.21. The number of aromatic nitrogens is 2. The van der Waals surface area contributed by atoms with Gasteiger partial charge in [-0.3, -0.25) is 0 Å². The lowest BCUT2D eigenvalue weighted by atomic mass is 10.4. The summed E-state index contributed by atoms with van der Waals surface area (Å²) < 4.78 is 4.98. The minimum atomic E-state index is 0.314. The van der Waals surface area contributed by atoms with Gasteiger partial charge in [0.1, 0.15) is 18.2 Å². The third kappa shape index (κ3) is 3.86. The number of nitrogen functional groups attached to an aromatic ring is 1. The zero-order chi connectivity index (χ0) is 12.7. The van der Waals surface area contributed by atoms with Crippen LogP contribution in [0.5, 0.6) is 0 Å². The van der Waals surface area contributed by atoms with Crippen molar-refractivity contribution < 1.29 is 4.74 Å². The van der Waals surface area contributed by atoms with Crippen molar-refractivity contribution in [1.82, 2.24) is 9.97 Å². The van der Waals surface area contributed by atoms with Gasteiger partial charge in [0.15, 0.2) is 5.82 Å². The van der Waals surface area contributed by atoms with Crippen molar-refractivity contribution >= 4 is 11.6 Å². The highest BCUT2D eigenvalue weighted by Gasteiger charge is 2.07. The Bertz CT molecular complexity index is 402. The Morgan fingerprint density at radius 1 is 1.59 bits per heavy atom. The van der Waals surface area contributed by atoms with Crippen LogP contribution in [0.4, 0.5) is 11.6 Å². The number of anilines is 2. The Balaban J connectivity index is 2.89. The molecule has 0 radical (unpaired) electrons. The van der Waals surface area contributed by atoms with Gasteiger partial charge in [0.25, 0.3) is 0 Å². The van der Waals surface area contributed by atoms with Gasteiger partial charge in [-0.25, -0.2) is 15.8 Å². The average molecular weight is 236 g/mol. The van der Waals surface area contributed by atoms with Crippen LogP contribution in [0.1, 0.15) is 12.2 Å². The lowest BCUT2D eigenvalue weighted by molar-refractivity contribution is 0.178. The molecule has 0 unspecified atom stereocenters. The predicted octanol–water partition coefficient (Wildman–Crippen LogP) is 0.258. The number of nitriles is 1. The van der Waals surface area contributed by atoms with Crippen molar-refractivity contribution in [2.75, 3.05) is 31.0 Å². The van der Waals surface area contributed by atoms with Crippen molar-refractivity contribution in [3.05, 3.63) is 11.9 Å². The van der Waals surface area contributed by atoms with E-state index in [9.17, 15) is 0 Å². The summed E-state index contributed by atoms with van der Waals surface area (Å²) in [4.78, 5) is 10.3. The van der Waals surface area contributed by atoms with E-state index in [1.54, 1.807) is 13.2 Å². The molecule has 0 aromatic carbocycles. The quantitative estimate of drug-likeness (QED) is 0.539. The Hall–Kier alpha value is -1.91. The molecule has 92 valence electrons. The highest BCUT2D eigenvalue weighted by atomic mass is 16.5. The van der Waals surface area contributed by atoms with Crippen LogP contribution in [0.3, 0.4) is 0 Å². The zero-order valence-electron chi connectivity index (χ0n) is 9.97. The maximum Gasteiger partial charge on any atom is 0.158 e. The summed E-state index contributed by atoms with van der Waals surface area (Å²) in [7, 11) is 3.43. The van der Waals surface area contributed by atoms with Gasteiger partial charge in [-0.2, -0.15) is 5.26 Å². The smallest absolute Gasteiger partial charge is 0.158 e. The second-order valence-electron chi connectivity index (χ2n) is 3.43. The first-order chi connectivity index (χ1) is 8.21. The zero-order valence-corrected chi connectivity index (χ0v) is 9.97. The molecular weight excluding hydrogens is 220 g/mol. The van der Waals surface area contributed by atoms with Crippen molar-refractivity contribution in [3.8, 4) is 6.07 Å². The number of hydrogen-bond acceptors (Lipinski definition) is 7. The van der Waals surface area contributed by atoms with E-state index >= 15 is 0 Å². The van der Waals surface area contributed by atoms with E-state index in [4.69, 9.17) is 15.8 Å². The molecule has 17 heavy (non-hydrogen) atoms. The van der Waals surface area contributed by atoms with Gasteiger partial charge in [0.05, 0.1) is 12.5 Å². The van der Waals surface area contributed by atoms with Crippen molar-refractivity contribution in [3.63, 3.8) is 0 Å². The summed E-state index contributed by atoms with van der Waals surface area (Å²) in [5.41, 5.74) is 2.48. The first-order valence-corrected chi connectivity index (χ1v) is 5.13. The molecule has 1 aromatic heterocycles. The van der Waals surface area contributed by atoms with Crippen molar-refractivity contribution in [1.29, 1.82) is 5.26 Å². The van der Waals surface area contributed by atoms with E-state index in [1.807, 2.05) is 11.9 Å². The Labute approximate surface area is 100 Å². The molecule has 3 N–H and O–H groups in total. The molecule has 0 aliphatic rings. The molecule has 0 atom stereocenters. The first-order valence-electron chi connectivity index (χ1n) is 5.13. The minimum Gasteiger partial charge on any atom is -0.377 e. The van der Waals surface area contributed by atoms with Crippen molar-refractivity contribution in [2.24, 2.45) is 5.84 Å². The maximum absolute atomic E-state index is 8.54. The molecule has 0 fully saturated rings. The molecule has 1 heterocycles. The molecule has 7 nitrogen and oxygen atoms in total. The minimum absolute atomic E-state index is 0.314. The van der Waals surface area contributed by atoms with Crippen LogP contribution < -0.4 is 16.2 Å². The van der Waals surface area contributed by atoms with Gasteiger partial charge in [0.2, 0.25) is 0 Å². The van der Waals surface area contributed by atoms with E-state index in [0.717, 1.165) is 0 Å². The Kier molecular flexibility index (Phi) is 5.13. The molecule has 0 saturated carbocycles. The monoisotopic (exact) mass is 236 g/mol. The van der Waals surface area contributed by atoms with E-state index < -0.39 is 0 Å². The van der Waals surface area contributed by atoms with Gasteiger partial charge in [0, 0.05) is 26.8 Å². The predicted molar refractivity (Wildman–Crippen MR) is 64.1 cm³/mol.